The van der Waals surface area contributed by atoms with Gasteiger partial charge in [0, 0.05) is 17.3 Å². The van der Waals surface area contributed by atoms with Crippen molar-refractivity contribution in [2.45, 2.75) is 32.0 Å². The lowest BCUT2D eigenvalue weighted by atomic mass is 10.0. The standard InChI is InChI=1S/C19H20N2O3/c1-2-24-16-9-5-7-14(17(16)22)18-20-15-8-4-3-6-13(15)19(23)21(18)12-10-11-12/h3-9,12,18,20,22H,2,10-11H2,1H3. The van der Waals surface area contributed by atoms with Gasteiger partial charge in [0.2, 0.25) is 0 Å². The molecule has 1 fully saturated rings. The lowest BCUT2D eigenvalue weighted by molar-refractivity contribution is 0.0664. The number of phenolic OH excluding ortho intramolecular Hbond substituents is 1. The van der Waals surface area contributed by atoms with Gasteiger partial charge in [0.05, 0.1) is 12.2 Å². The summed E-state index contributed by atoms with van der Waals surface area (Å²) in [5, 5.41) is 14.0. The number of fused-ring (bicyclic) bond motifs is 1. The summed E-state index contributed by atoms with van der Waals surface area (Å²) in [6.07, 6.45) is 1.61. The lowest BCUT2D eigenvalue weighted by Gasteiger charge is -2.38. The van der Waals surface area contributed by atoms with E-state index in [-0.39, 0.29) is 23.9 Å². The van der Waals surface area contributed by atoms with Crippen molar-refractivity contribution in [1.82, 2.24) is 4.90 Å². The smallest absolute Gasteiger partial charge is 0.258 e. The van der Waals surface area contributed by atoms with Crippen LogP contribution in [0.25, 0.3) is 0 Å². The molecule has 4 rings (SSSR count). The third-order valence-corrected chi connectivity index (χ3v) is 4.53. The van der Waals surface area contributed by atoms with Crippen LogP contribution in [0.1, 0.15) is 41.9 Å². The maximum absolute atomic E-state index is 13.0. The lowest BCUT2D eigenvalue weighted by Crippen LogP contribution is -2.44. The number of rotatable bonds is 4. The van der Waals surface area contributed by atoms with Gasteiger partial charge in [-0.25, -0.2) is 0 Å². The molecule has 1 amide bonds. The zero-order valence-corrected chi connectivity index (χ0v) is 13.5. The molecule has 1 heterocycles. The number of carbonyl (C=O) groups excluding carboxylic acids is 1. The third-order valence-electron chi connectivity index (χ3n) is 4.53. The summed E-state index contributed by atoms with van der Waals surface area (Å²) in [7, 11) is 0. The highest BCUT2D eigenvalue weighted by atomic mass is 16.5. The van der Waals surface area contributed by atoms with Gasteiger partial charge >= 0.3 is 0 Å². The van der Waals surface area contributed by atoms with Crippen molar-refractivity contribution >= 4 is 11.6 Å². The van der Waals surface area contributed by atoms with Gasteiger partial charge in [-0.05, 0) is 38.0 Å². The second kappa shape index (κ2) is 5.74. The number of nitrogens with one attached hydrogen (secondary N) is 1. The highest BCUT2D eigenvalue weighted by molar-refractivity contribution is 6.02. The third kappa shape index (κ3) is 2.37. The molecule has 0 radical (unpaired) electrons. The van der Waals surface area contributed by atoms with Crippen LogP contribution in [-0.4, -0.2) is 28.6 Å². The molecule has 1 saturated carbocycles. The van der Waals surface area contributed by atoms with E-state index in [0.717, 1.165) is 18.5 Å². The molecule has 1 unspecified atom stereocenters. The normalized spacial score (nSPS) is 19.6. The highest BCUT2D eigenvalue weighted by Gasteiger charge is 2.42. The number of nitrogens with zero attached hydrogens (tertiary/aromatic N) is 1. The van der Waals surface area contributed by atoms with E-state index < -0.39 is 0 Å². The van der Waals surface area contributed by atoms with Crippen molar-refractivity contribution in [2.24, 2.45) is 0 Å². The summed E-state index contributed by atoms with van der Waals surface area (Å²) < 4.78 is 5.49. The van der Waals surface area contributed by atoms with Gasteiger partial charge in [-0.3, -0.25) is 4.79 Å². The van der Waals surface area contributed by atoms with Crippen LogP contribution in [0.2, 0.25) is 0 Å². The number of ether oxygens (including phenoxy) is 1. The highest BCUT2D eigenvalue weighted by Crippen LogP contribution is 2.44. The molecular formula is C19H20N2O3. The molecule has 2 N–H and O–H groups in total. The number of carbonyl (C=O) groups is 1. The van der Waals surface area contributed by atoms with Gasteiger partial charge in [0.1, 0.15) is 6.17 Å². The molecule has 24 heavy (non-hydrogen) atoms. The maximum Gasteiger partial charge on any atom is 0.258 e. The zero-order chi connectivity index (χ0) is 16.7. The minimum absolute atomic E-state index is 0.0121. The van der Waals surface area contributed by atoms with Gasteiger partial charge < -0.3 is 20.1 Å². The molecule has 5 nitrogen and oxygen atoms in total. The van der Waals surface area contributed by atoms with Crippen molar-refractivity contribution in [3.63, 3.8) is 0 Å². The van der Waals surface area contributed by atoms with Crippen LogP contribution in [0.3, 0.4) is 0 Å². The van der Waals surface area contributed by atoms with Crippen molar-refractivity contribution in [2.75, 3.05) is 11.9 Å². The molecule has 1 atom stereocenters. The molecule has 124 valence electrons. The number of aromatic hydroxyl groups is 1. The van der Waals surface area contributed by atoms with Crippen LogP contribution >= 0.6 is 0 Å². The van der Waals surface area contributed by atoms with E-state index in [4.69, 9.17) is 4.74 Å². The Morgan fingerprint density at radius 1 is 1.21 bits per heavy atom. The first-order valence-corrected chi connectivity index (χ1v) is 8.33. The van der Waals surface area contributed by atoms with Gasteiger partial charge in [-0.1, -0.05) is 24.3 Å². The van der Waals surface area contributed by atoms with Crippen LogP contribution in [-0.2, 0) is 0 Å². The zero-order valence-electron chi connectivity index (χ0n) is 13.5. The number of hydrogen-bond acceptors (Lipinski definition) is 4. The van der Waals surface area contributed by atoms with Crippen LogP contribution in [0.5, 0.6) is 11.5 Å². The Morgan fingerprint density at radius 2 is 2.00 bits per heavy atom. The Labute approximate surface area is 140 Å². The van der Waals surface area contributed by atoms with Crippen LogP contribution < -0.4 is 10.1 Å². The first-order chi connectivity index (χ1) is 11.7. The molecule has 5 heteroatoms. The average Bonchev–Trinajstić information content (AvgIpc) is 3.42. The SMILES string of the molecule is CCOc1cccc(C2Nc3ccccc3C(=O)N2C2CC2)c1O. The largest absolute Gasteiger partial charge is 0.504 e. The van der Waals surface area contributed by atoms with Crippen LogP contribution in [0.4, 0.5) is 5.69 Å². The molecule has 2 aromatic carbocycles. The molecule has 0 aromatic heterocycles. The monoisotopic (exact) mass is 324 g/mol. The predicted octanol–water partition coefficient (Wildman–Crippen LogP) is 3.52. The molecule has 2 aromatic rings. The van der Waals surface area contributed by atoms with Crippen molar-refractivity contribution < 1.29 is 14.6 Å². The molecule has 0 spiro atoms. The fraction of sp³-hybridized carbons (Fsp3) is 0.316. The molecule has 2 aliphatic rings. The summed E-state index contributed by atoms with van der Waals surface area (Å²) >= 11 is 0. The number of anilines is 1. The van der Waals surface area contributed by atoms with E-state index in [1.165, 1.54) is 0 Å². The molecule has 0 saturated heterocycles. The van der Waals surface area contributed by atoms with E-state index in [9.17, 15) is 9.90 Å². The van der Waals surface area contributed by atoms with E-state index >= 15 is 0 Å². The first-order valence-electron chi connectivity index (χ1n) is 8.33. The maximum atomic E-state index is 13.0. The second-order valence-corrected chi connectivity index (χ2v) is 6.16. The minimum atomic E-state index is -0.389. The molecule has 0 bridgehead atoms. The van der Waals surface area contributed by atoms with Crippen molar-refractivity contribution in [1.29, 1.82) is 0 Å². The van der Waals surface area contributed by atoms with Crippen molar-refractivity contribution in [3.8, 4) is 11.5 Å². The number of phenols is 1. The van der Waals surface area contributed by atoms with Crippen LogP contribution in [0.15, 0.2) is 42.5 Å². The second-order valence-electron chi connectivity index (χ2n) is 6.16. The fourth-order valence-corrected chi connectivity index (χ4v) is 3.26. The van der Waals surface area contributed by atoms with Gasteiger partial charge in [-0.15, -0.1) is 0 Å². The molecular weight excluding hydrogens is 304 g/mol. The molecule has 1 aliphatic heterocycles. The van der Waals surface area contributed by atoms with E-state index in [2.05, 4.69) is 5.32 Å². The predicted molar refractivity (Wildman–Crippen MR) is 91.3 cm³/mol. The fourth-order valence-electron chi connectivity index (χ4n) is 3.26. The average molecular weight is 324 g/mol. The summed E-state index contributed by atoms with van der Waals surface area (Å²) in [6.45, 7) is 2.35. The number of benzene rings is 2. The summed E-state index contributed by atoms with van der Waals surface area (Å²) in [6, 6.07) is 13.2. The number of para-hydroxylation sites is 2. The van der Waals surface area contributed by atoms with Gasteiger partial charge in [0.25, 0.3) is 5.91 Å². The van der Waals surface area contributed by atoms with Crippen molar-refractivity contribution in [3.05, 3.63) is 53.6 Å². The Kier molecular flexibility index (Phi) is 3.56. The Balaban J connectivity index is 1.79. The van der Waals surface area contributed by atoms with E-state index in [1.807, 2.05) is 48.2 Å². The van der Waals surface area contributed by atoms with Gasteiger partial charge in [-0.2, -0.15) is 0 Å². The Bertz CT molecular complexity index is 786. The Hall–Kier alpha value is -2.69. The first kappa shape index (κ1) is 14.9. The van der Waals surface area contributed by atoms with Gasteiger partial charge in [0.15, 0.2) is 11.5 Å². The summed E-state index contributed by atoms with van der Waals surface area (Å²) in [5.41, 5.74) is 2.14. The molecule has 1 aliphatic carbocycles. The van der Waals surface area contributed by atoms with E-state index in [1.54, 1.807) is 6.07 Å². The summed E-state index contributed by atoms with van der Waals surface area (Å²) in [5.74, 6) is 0.548. The van der Waals surface area contributed by atoms with E-state index in [0.29, 0.717) is 23.5 Å². The number of amides is 1. The summed E-state index contributed by atoms with van der Waals surface area (Å²) in [4.78, 5) is 14.8. The van der Waals surface area contributed by atoms with Crippen LogP contribution in [0, 0.1) is 0 Å². The quantitative estimate of drug-likeness (QED) is 0.903. The topological polar surface area (TPSA) is 61.8 Å². The minimum Gasteiger partial charge on any atom is -0.504 e. The number of hydrogen-bond donors (Lipinski definition) is 2. The Morgan fingerprint density at radius 3 is 2.75 bits per heavy atom.